The van der Waals surface area contributed by atoms with E-state index in [0.717, 1.165) is 23.5 Å². The van der Waals surface area contributed by atoms with Gasteiger partial charge in [-0.3, -0.25) is 5.32 Å². The van der Waals surface area contributed by atoms with Crippen LogP contribution < -0.4 is 20.1 Å². The summed E-state index contributed by atoms with van der Waals surface area (Å²) in [5, 5.41) is 16.3. The predicted molar refractivity (Wildman–Crippen MR) is 115 cm³/mol. The Balaban J connectivity index is 1.31. The minimum atomic E-state index is -0.992. The van der Waals surface area contributed by atoms with Crippen molar-refractivity contribution in [3.05, 3.63) is 90.0 Å². The number of carboxylic acids is 1. The zero-order chi connectivity index (χ0) is 20.8. The number of aliphatic carboxylic acids is 1. The van der Waals surface area contributed by atoms with Crippen molar-refractivity contribution in [2.75, 3.05) is 11.9 Å². The van der Waals surface area contributed by atoms with Gasteiger partial charge in [0, 0.05) is 18.7 Å². The lowest BCUT2D eigenvalue weighted by Crippen LogP contribution is -2.44. The van der Waals surface area contributed by atoms with Crippen LogP contribution in [0.25, 0.3) is 0 Å². The van der Waals surface area contributed by atoms with E-state index in [0.29, 0.717) is 12.4 Å². The summed E-state index contributed by atoms with van der Waals surface area (Å²) in [5.74, 6) is 0.282. The molecule has 1 aliphatic rings. The number of rotatable bonds is 8. The fourth-order valence-corrected chi connectivity index (χ4v) is 3.35. The predicted octanol–water partition coefficient (Wildman–Crippen LogP) is 3.68. The second-order valence-corrected chi connectivity index (χ2v) is 7.15. The number of anilines is 1. The molecule has 4 rings (SSSR count). The molecule has 0 aromatic heterocycles. The van der Waals surface area contributed by atoms with E-state index in [2.05, 4.69) is 22.8 Å². The topological polar surface area (TPSA) is 79.8 Å². The van der Waals surface area contributed by atoms with Gasteiger partial charge in [0.15, 0.2) is 6.10 Å². The Hall–Kier alpha value is -3.51. The maximum absolute atomic E-state index is 11.6. The normalized spacial score (nSPS) is 16.1. The molecule has 0 fully saturated rings. The molecule has 30 heavy (non-hydrogen) atoms. The molecule has 154 valence electrons. The number of nitrogens with one attached hydrogen (secondary N) is 2. The van der Waals surface area contributed by atoms with Gasteiger partial charge >= 0.3 is 5.97 Å². The molecule has 0 saturated heterocycles. The first-order valence-corrected chi connectivity index (χ1v) is 9.91. The van der Waals surface area contributed by atoms with Crippen LogP contribution in [0, 0.1) is 0 Å². The number of fused-ring (bicyclic) bond motifs is 1. The average Bonchev–Trinajstić information content (AvgIpc) is 2.78. The standard InChI is InChI=1S/C24H24N2O4/c27-24(28)22(30-20-7-2-1-3-8-20)14-17-10-12-19(13-11-17)29-16-23-25-15-18-6-4-5-9-21(18)26-23/h1-13,22-23,25-26H,14-16H2,(H,27,28). The zero-order valence-electron chi connectivity index (χ0n) is 16.5. The molecule has 6 nitrogen and oxygen atoms in total. The van der Waals surface area contributed by atoms with Crippen molar-refractivity contribution in [1.29, 1.82) is 0 Å². The second-order valence-electron chi connectivity index (χ2n) is 7.15. The van der Waals surface area contributed by atoms with Gasteiger partial charge in [-0.25, -0.2) is 4.79 Å². The quantitative estimate of drug-likeness (QED) is 0.532. The summed E-state index contributed by atoms with van der Waals surface area (Å²) in [6.07, 6.45) is -0.655. The Labute approximate surface area is 175 Å². The highest BCUT2D eigenvalue weighted by molar-refractivity contribution is 5.73. The van der Waals surface area contributed by atoms with Crippen molar-refractivity contribution in [1.82, 2.24) is 5.32 Å². The van der Waals surface area contributed by atoms with Crippen LogP contribution in [0.2, 0.25) is 0 Å². The largest absolute Gasteiger partial charge is 0.490 e. The van der Waals surface area contributed by atoms with Crippen LogP contribution in [0.3, 0.4) is 0 Å². The number of hydrogen-bond acceptors (Lipinski definition) is 5. The van der Waals surface area contributed by atoms with Gasteiger partial charge in [-0.2, -0.15) is 0 Å². The molecule has 2 atom stereocenters. The number of benzene rings is 3. The molecule has 0 saturated carbocycles. The van der Waals surface area contributed by atoms with Gasteiger partial charge in [0.25, 0.3) is 0 Å². The lowest BCUT2D eigenvalue weighted by molar-refractivity contribution is -0.145. The molecule has 0 bridgehead atoms. The first-order valence-electron chi connectivity index (χ1n) is 9.91. The van der Waals surface area contributed by atoms with Gasteiger partial charge in [-0.1, -0.05) is 48.5 Å². The maximum atomic E-state index is 11.6. The van der Waals surface area contributed by atoms with Crippen molar-refractivity contribution in [2.45, 2.75) is 25.2 Å². The molecular weight excluding hydrogens is 380 g/mol. The van der Waals surface area contributed by atoms with E-state index in [-0.39, 0.29) is 12.6 Å². The van der Waals surface area contributed by atoms with Crippen LogP contribution in [0.1, 0.15) is 11.1 Å². The molecule has 1 heterocycles. The Morgan fingerprint density at radius 2 is 1.70 bits per heavy atom. The molecular formula is C24H24N2O4. The van der Waals surface area contributed by atoms with Crippen LogP contribution >= 0.6 is 0 Å². The monoisotopic (exact) mass is 404 g/mol. The average molecular weight is 404 g/mol. The van der Waals surface area contributed by atoms with Crippen LogP contribution in [0.4, 0.5) is 5.69 Å². The highest BCUT2D eigenvalue weighted by atomic mass is 16.5. The van der Waals surface area contributed by atoms with Gasteiger partial charge in [0.1, 0.15) is 24.3 Å². The van der Waals surface area contributed by atoms with Gasteiger partial charge in [-0.05, 0) is 41.5 Å². The summed E-state index contributed by atoms with van der Waals surface area (Å²) in [6, 6.07) is 24.6. The van der Waals surface area contributed by atoms with Gasteiger partial charge in [0.2, 0.25) is 0 Å². The SMILES string of the molecule is O=C(O)C(Cc1ccc(OCC2NCc3ccccc3N2)cc1)Oc1ccccc1. The summed E-state index contributed by atoms with van der Waals surface area (Å²) in [4.78, 5) is 11.6. The molecule has 0 aliphatic carbocycles. The van der Waals surface area contributed by atoms with Gasteiger partial charge < -0.3 is 19.9 Å². The third-order valence-corrected chi connectivity index (χ3v) is 4.94. The number of ether oxygens (including phenoxy) is 2. The summed E-state index contributed by atoms with van der Waals surface area (Å²) in [5.41, 5.74) is 3.23. The lowest BCUT2D eigenvalue weighted by Gasteiger charge is -2.28. The minimum absolute atomic E-state index is 0.0234. The Morgan fingerprint density at radius 3 is 2.47 bits per heavy atom. The summed E-state index contributed by atoms with van der Waals surface area (Å²) >= 11 is 0. The second kappa shape index (κ2) is 9.33. The highest BCUT2D eigenvalue weighted by Crippen LogP contribution is 2.21. The van der Waals surface area contributed by atoms with Crippen molar-refractivity contribution < 1.29 is 19.4 Å². The van der Waals surface area contributed by atoms with Gasteiger partial charge in [-0.15, -0.1) is 0 Å². The first kappa shape index (κ1) is 19.8. The molecule has 3 aromatic carbocycles. The molecule has 3 aromatic rings. The fourth-order valence-electron chi connectivity index (χ4n) is 3.35. The van der Waals surface area contributed by atoms with Crippen molar-refractivity contribution >= 4 is 11.7 Å². The smallest absolute Gasteiger partial charge is 0.345 e. The highest BCUT2D eigenvalue weighted by Gasteiger charge is 2.20. The molecule has 0 amide bonds. The van der Waals surface area contributed by atoms with Crippen LogP contribution in [0.15, 0.2) is 78.9 Å². The van der Waals surface area contributed by atoms with Crippen molar-refractivity contribution in [3.8, 4) is 11.5 Å². The number of para-hydroxylation sites is 2. The number of carboxylic acid groups (broad SMARTS) is 1. The molecule has 1 aliphatic heterocycles. The molecule has 2 unspecified atom stereocenters. The van der Waals surface area contributed by atoms with E-state index in [9.17, 15) is 9.90 Å². The Kier molecular flexibility index (Phi) is 6.15. The first-order chi connectivity index (χ1) is 14.7. The van der Waals surface area contributed by atoms with Crippen molar-refractivity contribution in [3.63, 3.8) is 0 Å². The number of carbonyl (C=O) groups is 1. The zero-order valence-corrected chi connectivity index (χ0v) is 16.5. The van der Waals surface area contributed by atoms with E-state index in [4.69, 9.17) is 9.47 Å². The van der Waals surface area contributed by atoms with E-state index in [1.54, 1.807) is 12.1 Å². The third kappa shape index (κ3) is 5.10. The van der Waals surface area contributed by atoms with Gasteiger partial charge in [0.05, 0.1) is 0 Å². The Bertz CT molecular complexity index is 976. The molecule has 3 N–H and O–H groups in total. The van der Waals surface area contributed by atoms with E-state index >= 15 is 0 Å². The molecule has 0 spiro atoms. The Morgan fingerprint density at radius 1 is 0.967 bits per heavy atom. The molecule has 0 radical (unpaired) electrons. The minimum Gasteiger partial charge on any atom is -0.490 e. The lowest BCUT2D eigenvalue weighted by atomic mass is 10.1. The van der Waals surface area contributed by atoms with Crippen LogP contribution in [-0.4, -0.2) is 30.0 Å². The van der Waals surface area contributed by atoms with E-state index in [1.165, 1.54) is 5.56 Å². The third-order valence-electron chi connectivity index (χ3n) is 4.94. The maximum Gasteiger partial charge on any atom is 0.345 e. The molecule has 6 heteroatoms. The summed E-state index contributed by atoms with van der Waals surface area (Å²) in [6.45, 7) is 1.27. The summed E-state index contributed by atoms with van der Waals surface area (Å²) in [7, 11) is 0. The van der Waals surface area contributed by atoms with E-state index in [1.807, 2.05) is 54.6 Å². The fraction of sp³-hybridized carbons (Fsp3) is 0.208. The van der Waals surface area contributed by atoms with Crippen LogP contribution in [0.5, 0.6) is 11.5 Å². The van der Waals surface area contributed by atoms with E-state index < -0.39 is 12.1 Å². The summed E-state index contributed by atoms with van der Waals surface area (Å²) < 4.78 is 11.5. The van der Waals surface area contributed by atoms with Crippen LogP contribution in [-0.2, 0) is 17.8 Å². The number of hydrogen-bond donors (Lipinski definition) is 3. The van der Waals surface area contributed by atoms with Crippen molar-refractivity contribution in [2.24, 2.45) is 0 Å².